The molecule has 0 heterocycles. The zero-order valence-corrected chi connectivity index (χ0v) is 23.8. The predicted octanol–water partition coefficient (Wildman–Crippen LogP) is 9.15. The molecule has 10 heteroatoms. The van der Waals surface area contributed by atoms with Crippen LogP contribution in [0, 0.1) is 16.7 Å². The van der Waals surface area contributed by atoms with Gasteiger partial charge in [-0.2, -0.15) is 13.2 Å². The summed E-state index contributed by atoms with van der Waals surface area (Å²) in [6.45, 7) is 13.2. The molecule has 0 saturated carbocycles. The maximum atomic E-state index is 11.8. The first-order chi connectivity index (χ1) is 16.9. The molecular formula is C31H63F3O7. The molecule has 0 radical (unpaired) electrons. The third-order valence-corrected chi connectivity index (χ3v) is 6.35. The number of alkyl halides is 3. The highest BCUT2D eigenvalue weighted by atomic mass is 19.4. The second-order valence-electron chi connectivity index (χ2n) is 10.4. The van der Waals surface area contributed by atoms with Crippen molar-refractivity contribution >= 4 is 23.7 Å². The van der Waals surface area contributed by atoms with Crippen LogP contribution in [0.25, 0.3) is 0 Å². The Kier molecular flexibility index (Phi) is 32.2. The Bertz CT molecular complexity index is 702. The number of hydrogen-bond acceptors (Lipinski definition) is 7. The number of ether oxygens (including phenoxy) is 3. The standard InChI is InChI=1S/C17H30O6.C10H17F3O.4CH4/c1-6-17(3,4)16(20)23-12-8-11-22-14(18)10-7-9-13(2)15(19)21-5;1-4-9(2,3)8(14)6-5-7-10(11,12)13;;;;/h13H,6-12H2,1-5H3;4-7H2,1-3H3;4*1H4. The minimum Gasteiger partial charge on any atom is -0.469 e. The zero-order valence-electron chi connectivity index (χ0n) is 23.8. The Labute approximate surface area is 249 Å². The summed E-state index contributed by atoms with van der Waals surface area (Å²) in [5.41, 5.74) is -0.960. The minimum absolute atomic E-state index is 0. The molecule has 0 aliphatic carbocycles. The maximum absolute atomic E-state index is 11.8. The molecule has 0 rings (SSSR count). The summed E-state index contributed by atoms with van der Waals surface area (Å²) in [5, 5.41) is 0. The van der Waals surface area contributed by atoms with Gasteiger partial charge in [0.1, 0.15) is 5.78 Å². The number of hydrogen-bond donors (Lipinski definition) is 0. The van der Waals surface area contributed by atoms with Gasteiger partial charge < -0.3 is 14.2 Å². The van der Waals surface area contributed by atoms with Crippen molar-refractivity contribution in [2.45, 2.75) is 142 Å². The normalized spacial score (nSPS) is 11.4. The molecule has 0 saturated heterocycles. The largest absolute Gasteiger partial charge is 0.469 e. The third kappa shape index (κ3) is 26.5. The fourth-order valence-corrected chi connectivity index (χ4v) is 2.68. The summed E-state index contributed by atoms with van der Waals surface area (Å²) >= 11 is 0. The molecule has 0 spiro atoms. The first kappa shape index (κ1) is 51.6. The van der Waals surface area contributed by atoms with Crippen LogP contribution in [0.5, 0.6) is 0 Å². The Morgan fingerprint density at radius 3 is 1.66 bits per heavy atom. The highest BCUT2D eigenvalue weighted by Gasteiger charge is 2.29. The van der Waals surface area contributed by atoms with Gasteiger partial charge in [-0.1, -0.05) is 64.3 Å². The summed E-state index contributed by atoms with van der Waals surface area (Å²) in [5.74, 6) is -1.10. The van der Waals surface area contributed by atoms with E-state index in [1.54, 1.807) is 20.8 Å². The molecule has 0 aromatic rings. The van der Waals surface area contributed by atoms with E-state index in [1.807, 2.05) is 27.7 Å². The van der Waals surface area contributed by atoms with Crippen molar-refractivity contribution in [3.05, 3.63) is 0 Å². The smallest absolute Gasteiger partial charge is 0.389 e. The van der Waals surface area contributed by atoms with Gasteiger partial charge in [0.2, 0.25) is 0 Å². The van der Waals surface area contributed by atoms with Crippen molar-refractivity contribution in [1.29, 1.82) is 0 Å². The summed E-state index contributed by atoms with van der Waals surface area (Å²) in [6, 6.07) is 0. The van der Waals surface area contributed by atoms with Crippen LogP contribution in [0.2, 0.25) is 0 Å². The lowest BCUT2D eigenvalue weighted by Crippen LogP contribution is -2.26. The number of carbonyl (C=O) groups excluding carboxylic acids is 4. The molecule has 0 N–H and O–H groups in total. The van der Waals surface area contributed by atoms with Crippen LogP contribution in [-0.2, 0) is 33.4 Å². The van der Waals surface area contributed by atoms with Gasteiger partial charge in [0.25, 0.3) is 0 Å². The Balaban J connectivity index is -0.000000149. The maximum Gasteiger partial charge on any atom is 0.389 e. The number of rotatable bonds is 16. The van der Waals surface area contributed by atoms with E-state index in [-0.39, 0.29) is 91.8 Å². The zero-order chi connectivity index (χ0) is 29.3. The molecule has 41 heavy (non-hydrogen) atoms. The number of methoxy groups -OCH3 is 1. The SMILES string of the molecule is C.C.C.C.CCC(C)(C)C(=O)CCCC(F)(F)F.CCC(C)(C)C(=O)OCCCOC(=O)CCCC(C)C(=O)OC. The van der Waals surface area contributed by atoms with E-state index in [2.05, 4.69) is 4.74 Å². The summed E-state index contributed by atoms with van der Waals surface area (Å²) in [4.78, 5) is 45.8. The van der Waals surface area contributed by atoms with Crippen molar-refractivity contribution in [3.8, 4) is 0 Å². The van der Waals surface area contributed by atoms with Gasteiger partial charge in [0.15, 0.2) is 0 Å². The second kappa shape index (κ2) is 25.6. The Hall–Kier alpha value is -2.13. The Morgan fingerprint density at radius 2 is 1.22 bits per heavy atom. The second-order valence-corrected chi connectivity index (χ2v) is 10.4. The lowest BCUT2D eigenvalue weighted by molar-refractivity contribution is -0.155. The molecule has 0 fully saturated rings. The van der Waals surface area contributed by atoms with E-state index in [0.29, 0.717) is 32.1 Å². The van der Waals surface area contributed by atoms with Crippen LogP contribution < -0.4 is 0 Å². The fraction of sp³-hybridized carbons (Fsp3) is 0.871. The van der Waals surface area contributed by atoms with Crippen molar-refractivity contribution in [1.82, 2.24) is 0 Å². The monoisotopic (exact) mass is 604 g/mol. The van der Waals surface area contributed by atoms with Crippen LogP contribution in [0.3, 0.4) is 0 Å². The number of halogens is 3. The quantitative estimate of drug-likeness (QED) is 0.0984. The first-order valence-corrected chi connectivity index (χ1v) is 12.9. The highest BCUT2D eigenvalue weighted by molar-refractivity contribution is 5.83. The van der Waals surface area contributed by atoms with Crippen molar-refractivity contribution < 1.29 is 46.6 Å². The molecule has 0 aliphatic rings. The fourth-order valence-electron chi connectivity index (χ4n) is 2.68. The number of carbonyl (C=O) groups is 4. The molecule has 1 unspecified atom stereocenters. The molecule has 0 aromatic heterocycles. The van der Waals surface area contributed by atoms with E-state index in [1.165, 1.54) is 7.11 Å². The third-order valence-electron chi connectivity index (χ3n) is 6.35. The van der Waals surface area contributed by atoms with Crippen molar-refractivity contribution in [3.63, 3.8) is 0 Å². The molecule has 1 atom stereocenters. The Morgan fingerprint density at radius 1 is 0.732 bits per heavy atom. The van der Waals surface area contributed by atoms with Crippen molar-refractivity contribution in [2.75, 3.05) is 20.3 Å². The summed E-state index contributed by atoms with van der Waals surface area (Å²) < 4.78 is 50.1. The number of esters is 3. The minimum atomic E-state index is -4.14. The molecule has 7 nitrogen and oxygen atoms in total. The summed E-state index contributed by atoms with van der Waals surface area (Å²) in [6.07, 6.45) is -1.77. The average Bonchev–Trinajstić information content (AvgIpc) is 2.82. The van der Waals surface area contributed by atoms with E-state index in [9.17, 15) is 32.3 Å². The van der Waals surface area contributed by atoms with Gasteiger partial charge in [-0.05, 0) is 46.0 Å². The highest BCUT2D eigenvalue weighted by Crippen LogP contribution is 2.27. The van der Waals surface area contributed by atoms with Gasteiger partial charge in [-0.15, -0.1) is 0 Å². The molecule has 0 bridgehead atoms. The number of Topliss-reactive ketones (excluding diaryl/α,β-unsaturated/α-hetero) is 1. The van der Waals surface area contributed by atoms with Crippen LogP contribution in [0.1, 0.15) is 136 Å². The molecule has 0 aliphatic heterocycles. The van der Waals surface area contributed by atoms with Gasteiger partial charge >= 0.3 is 24.1 Å². The lowest BCUT2D eigenvalue weighted by atomic mass is 9.83. The number of ketones is 1. The predicted molar refractivity (Wildman–Crippen MR) is 162 cm³/mol. The molecular weight excluding hydrogens is 541 g/mol. The average molecular weight is 605 g/mol. The first-order valence-electron chi connectivity index (χ1n) is 12.9. The van der Waals surface area contributed by atoms with Gasteiger partial charge in [-0.3, -0.25) is 19.2 Å². The van der Waals surface area contributed by atoms with Crippen LogP contribution in [-0.4, -0.2) is 50.2 Å². The van der Waals surface area contributed by atoms with E-state index >= 15 is 0 Å². The van der Waals surface area contributed by atoms with Gasteiger partial charge in [-0.25, -0.2) is 0 Å². The van der Waals surface area contributed by atoms with Gasteiger partial charge in [0, 0.05) is 31.1 Å². The van der Waals surface area contributed by atoms with E-state index in [4.69, 9.17) is 9.47 Å². The summed E-state index contributed by atoms with van der Waals surface area (Å²) in [7, 11) is 1.35. The molecule has 0 aromatic carbocycles. The molecule has 250 valence electrons. The van der Waals surface area contributed by atoms with E-state index in [0.717, 1.165) is 0 Å². The van der Waals surface area contributed by atoms with Crippen LogP contribution in [0.4, 0.5) is 13.2 Å². The lowest BCUT2D eigenvalue weighted by Gasteiger charge is -2.20. The van der Waals surface area contributed by atoms with Crippen molar-refractivity contribution in [2.24, 2.45) is 16.7 Å². The van der Waals surface area contributed by atoms with E-state index < -0.39 is 23.4 Å². The van der Waals surface area contributed by atoms with Crippen LogP contribution in [0.15, 0.2) is 0 Å². The van der Waals surface area contributed by atoms with Gasteiger partial charge in [0.05, 0.1) is 31.7 Å². The topological polar surface area (TPSA) is 96.0 Å². The van der Waals surface area contributed by atoms with Crippen LogP contribution >= 0.6 is 0 Å². The molecule has 0 amide bonds.